The highest BCUT2D eigenvalue weighted by Crippen LogP contribution is 2.14. The van der Waals surface area contributed by atoms with Gasteiger partial charge in [0.05, 0.1) is 4.88 Å². The van der Waals surface area contributed by atoms with Gasteiger partial charge in [0.15, 0.2) is 0 Å². The molecule has 2 N–H and O–H groups in total. The summed E-state index contributed by atoms with van der Waals surface area (Å²) in [7, 11) is 0. The van der Waals surface area contributed by atoms with Crippen LogP contribution in [0.3, 0.4) is 0 Å². The number of anilines is 1. The molecule has 1 amide bonds. The number of nitrogens with one attached hydrogen (secondary N) is 1. The van der Waals surface area contributed by atoms with Crippen LogP contribution in [0.2, 0.25) is 0 Å². The molecule has 18 heavy (non-hydrogen) atoms. The molecule has 1 aromatic heterocycles. The number of hydrogen-bond donors (Lipinski definition) is 2. The zero-order chi connectivity index (χ0) is 12.8. The van der Waals surface area contributed by atoms with Crippen molar-refractivity contribution in [2.75, 3.05) is 11.9 Å². The summed E-state index contributed by atoms with van der Waals surface area (Å²) in [6.07, 6.45) is 0. The van der Waals surface area contributed by atoms with Crippen molar-refractivity contribution in [3.8, 4) is 11.8 Å². The average molecular weight is 257 g/mol. The van der Waals surface area contributed by atoms with E-state index in [2.05, 4.69) is 17.2 Å². The fourth-order valence-electron chi connectivity index (χ4n) is 1.42. The van der Waals surface area contributed by atoms with Gasteiger partial charge in [0.1, 0.15) is 6.61 Å². The second-order valence-corrected chi connectivity index (χ2v) is 4.42. The van der Waals surface area contributed by atoms with Crippen LogP contribution in [-0.4, -0.2) is 17.6 Å². The van der Waals surface area contributed by atoms with E-state index < -0.39 is 0 Å². The van der Waals surface area contributed by atoms with E-state index in [4.69, 9.17) is 5.11 Å². The molecule has 0 aliphatic carbocycles. The second-order valence-electron chi connectivity index (χ2n) is 3.47. The number of aliphatic hydroxyl groups is 1. The Balaban J connectivity index is 2.12. The van der Waals surface area contributed by atoms with Gasteiger partial charge in [-0.3, -0.25) is 4.79 Å². The SMILES string of the molecule is O=C(Nc1cccc(C#CCO)c1)c1cccs1. The van der Waals surface area contributed by atoms with Crippen LogP contribution in [-0.2, 0) is 0 Å². The van der Waals surface area contributed by atoms with E-state index in [-0.39, 0.29) is 12.5 Å². The third-order valence-electron chi connectivity index (χ3n) is 2.18. The molecule has 90 valence electrons. The van der Waals surface area contributed by atoms with Crippen LogP contribution in [0, 0.1) is 11.8 Å². The Morgan fingerprint density at radius 2 is 2.22 bits per heavy atom. The Hall–Kier alpha value is -2.09. The second kappa shape index (κ2) is 6.01. The van der Waals surface area contributed by atoms with Crippen LogP contribution in [0.1, 0.15) is 15.2 Å². The number of thiophene rings is 1. The molecule has 0 aliphatic rings. The van der Waals surface area contributed by atoms with Gasteiger partial charge in [0, 0.05) is 11.3 Å². The Kier molecular flexibility index (Phi) is 4.13. The van der Waals surface area contributed by atoms with Gasteiger partial charge < -0.3 is 10.4 Å². The van der Waals surface area contributed by atoms with Gasteiger partial charge in [-0.15, -0.1) is 11.3 Å². The summed E-state index contributed by atoms with van der Waals surface area (Å²) in [6.45, 7) is -0.175. The highest BCUT2D eigenvalue weighted by molar-refractivity contribution is 7.12. The lowest BCUT2D eigenvalue weighted by Crippen LogP contribution is -2.09. The number of aliphatic hydroxyl groups excluding tert-OH is 1. The van der Waals surface area contributed by atoms with Gasteiger partial charge in [-0.05, 0) is 29.6 Å². The molecule has 0 unspecified atom stereocenters. The normalized spacial score (nSPS) is 9.39. The Labute approximate surface area is 109 Å². The summed E-state index contributed by atoms with van der Waals surface area (Å²) in [5, 5.41) is 13.3. The van der Waals surface area contributed by atoms with Crippen molar-refractivity contribution in [3.05, 3.63) is 52.2 Å². The van der Waals surface area contributed by atoms with Gasteiger partial charge in [-0.25, -0.2) is 0 Å². The van der Waals surface area contributed by atoms with Crippen LogP contribution in [0.25, 0.3) is 0 Å². The van der Waals surface area contributed by atoms with Crippen LogP contribution in [0.15, 0.2) is 41.8 Å². The van der Waals surface area contributed by atoms with Gasteiger partial charge in [0.25, 0.3) is 5.91 Å². The van der Waals surface area contributed by atoms with E-state index >= 15 is 0 Å². The van der Waals surface area contributed by atoms with Crippen molar-refractivity contribution >= 4 is 22.9 Å². The summed E-state index contributed by atoms with van der Waals surface area (Å²) >= 11 is 1.40. The summed E-state index contributed by atoms with van der Waals surface area (Å²) in [5.74, 6) is 5.23. The molecule has 0 saturated heterocycles. The molecule has 0 fully saturated rings. The molecule has 2 rings (SSSR count). The summed E-state index contributed by atoms with van der Waals surface area (Å²) in [4.78, 5) is 12.5. The summed E-state index contributed by atoms with van der Waals surface area (Å²) in [6, 6.07) is 10.8. The standard InChI is InChI=1S/C14H11NO2S/c16-8-2-5-11-4-1-6-12(10-11)15-14(17)13-7-3-9-18-13/h1,3-4,6-7,9-10,16H,8H2,(H,15,17). The van der Waals surface area contributed by atoms with Crippen LogP contribution in [0.5, 0.6) is 0 Å². The predicted molar refractivity (Wildman–Crippen MR) is 72.7 cm³/mol. The lowest BCUT2D eigenvalue weighted by atomic mass is 10.2. The summed E-state index contributed by atoms with van der Waals surface area (Å²) < 4.78 is 0. The van der Waals surface area contributed by atoms with Crippen molar-refractivity contribution in [2.24, 2.45) is 0 Å². The number of carbonyl (C=O) groups is 1. The first kappa shape index (κ1) is 12.4. The van der Waals surface area contributed by atoms with Crippen molar-refractivity contribution in [1.82, 2.24) is 0 Å². The molecule has 1 aromatic carbocycles. The predicted octanol–water partition coefficient (Wildman–Crippen LogP) is 2.34. The van der Waals surface area contributed by atoms with E-state index in [9.17, 15) is 4.79 Å². The van der Waals surface area contributed by atoms with Crippen molar-refractivity contribution in [1.29, 1.82) is 0 Å². The van der Waals surface area contributed by atoms with Crippen LogP contribution < -0.4 is 5.32 Å². The molecule has 0 atom stereocenters. The third-order valence-corrected chi connectivity index (χ3v) is 3.05. The number of hydrogen-bond acceptors (Lipinski definition) is 3. The maximum Gasteiger partial charge on any atom is 0.265 e. The third kappa shape index (κ3) is 3.20. The van der Waals surface area contributed by atoms with Gasteiger partial charge in [0.2, 0.25) is 0 Å². The smallest absolute Gasteiger partial charge is 0.265 e. The maximum absolute atomic E-state index is 11.8. The van der Waals surface area contributed by atoms with Crippen LogP contribution in [0.4, 0.5) is 5.69 Å². The first-order valence-corrected chi connectivity index (χ1v) is 6.22. The Morgan fingerprint density at radius 1 is 1.33 bits per heavy atom. The minimum absolute atomic E-state index is 0.128. The number of rotatable bonds is 2. The molecule has 2 aromatic rings. The molecule has 4 heteroatoms. The molecule has 1 heterocycles. The minimum atomic E-state index is -0.175. The zero-order valence-corrected chi connectivity index (χ0v) is 10.3. The highest BCUT2D eigenvalue weighted by atomic mass is 32.1. The topological polar surface area (TPSA) is 49.3 Å². The molecule has 0 aliphatic heterocycles. The van der Waals surface area contributed by atoms with Crippen molar-refractivity contribution in [2.45, 2.75) is 0 Å². The highest BCUT2D eigenvalue weighted by Gasteiger charge is 2.06. The van der Waals surface area contributed by atoms with Crippen molar-refractivity contribution < 1.29 is 9.90 Å². The average Bonchev–Trinajstić information content (AvgIpc) is 2.91. The molecular formula is C14H11NO2S. The van der Waals surface area contributed by atoms with Gasteiger partial charge in [-0.1, -0.05) is 24.0 Å². The number of carbonyl (C=O) groups excluding carboxylic acids is 1. The molecule has 0 spiro atoms. The van der Waals surface area contributed by atoms with Crippen molar-refractivity contribution in [3.63, 3.8) is 0 Å². The zero-order valence-electron chi connectivity index (χ0n) is 9.51. The lowest BCUT2D eigenvalue weighted by molar-refractivity contribution is 0.103. The van der Waals surface area contributed by atoms with E-state index in [1.807, 2.05) is 23.6 Å². The Morgan fingerprint density at radius 3 is 2.94 bits per heavy atom. The lowest BCUT2D eigenvalue weighted by Gasteiger charge is -2.03. The molecule has 0 radical (unpaired) electrons. The van der Waals surface area contributed by atoms with Crippen LogP contribution >= 0.6 is 11.3 Å². The van der Waals surface area contributed by atoms with E-state index in [0.717, 1.165) is 5.56 Å². The van der Waals surface area contributed by atoms with E-state index in [1.54, 1.807) is 18.2 Å². The Bertz CT molecular complexity index is 594. The molecule has 0 saturated carbocycles. The first-order valence-electron chi connectivity index (χ1n) is 5.34. The largest absolute Gasteiger partial charge is 0.384 e. The van der Waals surface area contributed by atoms with E-state index in [0.29, 0.717) is 10.6 Å². The summed E-state index contributed by atoms with van der Waals surface area (Å²) in [5.41, 5.74) is 1.45. The first-order chi connectivity index (χ1) is 8.79. The van der Waals surface area contributed by atoms with E-state index in [1.165, 1.54) is 11.3 Å². The number of amides is 1. The minimum Gasteiger partial charge on any atom is -0.384 e. The molecule has 3 nitrogen and oxygen atoms in total. The van der Waals surface area contributed by atoms with Gasteiger partial charge >= 0.3 is 0 Å². The number of benzene rings is 1. The fourth-order valence-corrected chi connectivity index (χ4v) is 2.04. The maximum atomic E-state index is 11.8. The quantitative estimate of drug-likeness (QED) is 0.811. The fraction of sp³-hybridized carbons (Fsp3) is 0.0714. The monoisotopic (exact) mass is 257 g/mol. The molecular weight excluding hydrogens is 246 g/mol. The van der Waals surface area contributed by atoms with Gasteiger partial charge in [-0.2, -0.15) is 0 Å². The molecule has 0 bridgehead atoms.